The molecule has 1 aliphatic heterocycles. The molecule has 0 aliphatic carbocycles. The summed E-state index contributed by atoms with van der Waals surface area (Å²) in [6.07, 6.45) is 7.81. The molecule has 1 saturated heterocycles. The molecule has 2 amide bonds. The van der Waals surface area contributed by atoms with Gasteiger partial charge in [-0.1, -0.05) is 12.7 Å². The minimum atomic E-state index is -0.684. The lowest BCUT2D eigenvalue weighted by atomic mass is 9.95. The number of amides is 2. The lowest BCUT2D eigenvalue weighted by Gasteiger charge is -2.35. The Morgan fingerprint density at radius 3 is 2.81 bits per heavy atom. The van der Waals surface area contributed by atoms with Crippen molar-refractivity contribution in [3.63, 3.8) is 0 Å². The summed E-state index contributed by atoms with van der Waals surface area (Å²) in [6.45, 7) is 8.30. The van der Waals surface area contributed by atoms with Gasteiger partial charge in [-0.25, -0.2) is 4.98 Å². The zero-order valence-corrected chi connectivity index (χ0v) is 16.2. The zero-order valence-electron chi connectivity index (χ0n) is 16.2. The van der Waals surface area contributed by atoms with Gasteiger partial charge in [0.1, 0.15) is 5.82 Å². The second-order valence-corrected chi connectivity index (χ2v) is 6.66. The van der Waals surface area contributed by atoms with E-state index in [4.69, 9.17) is 5.73 Å². The number of rotatable bonds is 4. The third kappa shape index (κ3) is 5.26. The van der Waals surface area contributed by atoms with Gasteiger partial charge >= 0.3 is 11.8 Å². The number of anilines is 2. The van der Waals surface area contributed by atoms with Gasteiger partial charge in [-0.15, -0.1) is 0 Å². The maximum Gasteiger partial charge on any atom is 0.313 e. The van der Waals surface area contributed by atoms with Crippen LogP contribution < -0.4 is 11.1 Å². The van der Waals surface area contributed by atoms with Crippen LogP contribution in [0, 0.1) is 6.92 Å². The Morgan fingerprint density at radius 2 is 2.15 bits per heavy atom. The van der Waals surface area contributed by atoms with Crippen LogP contribution in [0.5, 0.6) is 0 Å². The average Bonchev–Trinajstić information content (AvgIpc) is 2.67. The van der Waals surface area contributed by atoms with Crippen LogP contribution in [-0.4, -0.2) is 47.0 Å². The first-order valence-corrected chi connectivity index (χ1v) is 8.97. The van der Waals surface area contributed by atoms with E-state index < -0.39 is 11.8 Å². The molecule has 0 bridgehead atoms. The normalized spacial score (nSPS) is 17.8. The summed E-state index contributed by atoms with van der Waals surface area (Å²) in [7, 11) is 1.72. The first-order valence-electron chi connectivity index (χ1n) is 8.97. The number of hydrogen-bond donors (Lipinski definition) is 2. The minimum absolute atomic E-state index is 0.191. The molecule has 0 aromatic carbocycles. The Balaban J connectivity index is 2.11. The fraction of sp³-hybridized carbons (Fsp3) is 0.400. The number of likely N-dealkylation sites (tertiary alicyclic amines) is 1. The van der Waals surface area contributed by atoms with Crippen molar-refractivity contribution in [3.05, 3.63) is 42.1 Å². The van der Waals surface area contributed by atoms with Crippen LogP contribution in [0.25, 0.3) is 0 Å². The van der Waals surface area contributed by atoms with Crippen molar-refractivity contribution in [3.8, 4) is 0 Å². The van der Waals surface area contributed by atoms with Crippen molar-refractivity contribution in [2.24, 2.45) is 4.99 Å². The van der Waals surface area contributed by atoms with Crippen LogP contribution in [0.1, 0.15) is 31.7 Å². The van der Waals surface area contributed by atoms with Gasteiger partial charge in [0, 0.05) is 19.3 Å². The Hall–Kier alpha value is -2.96. The number of nitrogens with one attached hydrogen (secondary N) is 1. The predicted molar refractivity (Wildman–Crippen MR) is 109 cm³/mol. The molecule has 1 fully saturated rings. The third-order valence-electron chi connectivity index (χ3n) is 4.65. The number of carbonyl (C=O) groups excluding carboxylic acids is 2. The number of hydrogen-bond acceptors (Lipinski definition) is 5. The standard InChI is InChI=1S/C20H27N5O2/c1-13(8-9-15(3)22-4)17-7-5-6-10-25(17)20(27)19(26)24-16-11-14(2)18(21)23-12-16/h8-9,11-12,17H,1,5-7,10H2,2-4H3,(H2,21,23)(H,24,26)/b9-8-,22-15?/t17-/m0/s1. The van der Waals surface area contributed by atoms with Crippen LogP contribution in [0.3, 0.4) is 0 Å². The molecule has 3 N–H and O–H groups in total. The van der Waals surface area contributed by atoms with Crippen LogP contribution in [0.4, 0.5) is 11.5 Å². The number of nitrogens with zero attached hydrogens (tertiary/aromatic N) is 3. The van der Waals surface area contributed by atoms with E-state index in [2.05, 4.69) is 21.9 Å². The van der Waals surface area contributed by atoms with Gasteiger partial charge in [-0.3, -0.25) is 14.6 Å². The molecule has 1 aromatic heterocycles. The van der Waals surface area contributed by atoms with Crippen LogP contribution in [0.15, 0.2) is 41.6 Å². The highest BCUT2D eigenvalue weighted by Crippen LogP contribution is 2.24. The Morgan fingerprint density at radius 1 is 1.41 bits per heavy atom. The first-order chi connectivity index (χ1) is 12.8. The van der Waals surface area contributed by atoms with E-state index in [1.165, 1.54) is 6.20 Å². The first kappa shape index (κ1) is 20.4. The number of aliphatic imine (C=N–C) groups is 1. The fourth-order valence-corrected chi connectivity index (χ4v) is 2.94. The number of aromatic nitrogens is 1. The van der Waals surface area contributed by atoms with E-state index in [0.29, 0.717) is 18.1 Å². The highest BCUT2D eigenvalue weighted by Gasteiger charge is 2.31. The Labute approximate surface area is 160 Å². The lowest BCUT2D eigenvalue weighted by molar-refractivity contribution is -0.145. The predicted octanol–water partition coefficient (Wildman–Crippen LogP) is 2.49. The van der Waals surface area contributed by atoms with E-state index >= 15 is 0 Å². The molecule has 27 heavy (non-hydrogen) atoms. The molecule has 2 heterocycles. The van der Waals surface area contributed by atoms with E-state index in [1.807, 2.05) is 19.1 Å². The van der Waals surface area contributed by atoms with Gasteiger partial charge in [-0.05, 0) is 56.4 Å². The zero-order chi connectivity index (χ0) is 20.0. The van der Waals surface area contributed by atoms with Crippen molar-refractivity contribution >= 4 is 29.0 Å². The molecule has 0 radical (unpaired) electrons. The van der Waals surface area contributed by atoms with Gasteiger partial charge in [-0.2, -0.15) is 0 Å². The highest BCUT2D eigenvalue weighted by atomic mass is 16.2. The molecule has 0 saturated carbocycles. The van der Waals surface area contributed by atoms with Crippen molar-refractivity contribution in [1.29, 1.82) is 0 Å². The van der Waals surface area contributed by atoms with E-state index in [0.717, 1.165) is 36.1 Å². The minimum Gasteiger partial charge on any atom is -0.383 e. The monoisotopic (exact) mass is 369 g/mol. The number of allylic oxidation sites excluding steroid dienone is 1. The van der Waals surface area contributed by atoms with Gasteiger partial charge in [0.2, 0.25) is 0 Å². The molecule has 1 atom stereocenters. The number of carbonyl (C=O) groups is 2. The molecule has 7 nitrogen and oxygen atoms in total. The summed E-state index contributed by atoms with van der Waals surface area (Å²) >= 11 is 0. The summed E-state index contributed by atoms with van der Waals surface area (Å²) in [6, 6.07) is 1.50. The summed E-state index contributed by atoms with van der Waals surface area (Å²) in [4.78, 5) is 34.9. The second-order valence-electron chi connectivity index (χ2n) is 6.66. The molecular weight excluding hydrogens is 342 g/mol. The molecule has 7 heteroatoms. The molecule has 1 aromatic rings. The van der Waals surface area contributed by atoms with E-state index in [9.17, 15) is 9.59 Å². The SMILES string of the molecule is C=C(/C=C\C(C)=NC)[C@@H]1CCCCN1C(=O)C(=O)Nc1cnc(N)c(C)c1. The smallest absolute Gasteiger partial charge is 0.313 e. The molecule has 0 unspecified atom stereocenters. The maximum atomic E-state index is 12.7. The van der Waals surface area contributed by atoms with Crippen molar-refractivity contribution in [1.82, 2.24) is 9.88 Å². The van der Waals surface area contributed by atoms with Crippen molar-refractivity contribution < 1.29 is 9.59 Å². The number of piperidine rings is 1. The number of nitrogens with two attached hydrogens (primary N) is 1. The van der Waals surface area contributed by atoms with Gasteiger partial charge < -0.3 is 16.0 Å². The van der Waals surface area contributed by atoms with Crippen molar-refractivity contribution in [2.75, 3.05) is 24.6 Å². The summed E-state index contributed by atoms with van der Waals surface area (Å²) in [5.74, 6) is -0.857. The average molecular weight is 369 g/mol. The van der Waals surface area contributed by atoms with Crippen LogP contribution in [0.2, 0.25) is 0 Å². The molecule has 2 rings (SSSR count). The van der Waals surface area contributed by atoms with Crippen LogP contribution >= 0.6 is 0 Å². The van der Waals surface area contributed by atoms with Gasteiger partial charge in [0.05, 0.1) is 17.9 Å². The largest absolute Gasteiger partial charge is 0.383 e. The van der Waals surface area contributed by atoms with E-state index in [-0.39, 0.29) is 6.04 Å². The fourth-order valence-electron chi connectivity index (χ4n) is 2.94. The summed E-state index contributed by atoms with van der Waals surface area (Å²) in [5.41, 5.74) is 8.53. The molecule has 144 valence electrons. The number of nitrogen functional groups attached to an aromatic ring is 1. The topological polar surface area (TPSA) is 101 Å². The van der Waals surface area contributed by atoms with Crippen LogP contribution in [-0.2, 0) is 9.59 Å². The quantitative estimate of drug-likeness (QED) is 0.484. The van der Waals surface area contributed by atoms with E-state index in [1.54, 1.807) is 24.9 Å². The van der Waals surface area contributed by atoms with Gasteiger partial charge in [0.15, 0.2) is 0 Å². The molecule has 0 spiro atoms. The highest BCUT2D eigenvalue weighted by molar-refractivity contribution is 6.39. The van der Waals surface area contributed by atoms with Crippen molar-refractivity contribution in [2.45, 2.75) is 39.2 Å². The molecular formula is C20H27N5O2. The number of pyridine rings is 1. The Kier molecular flexibility index (Phi) is 6.87. The maximum absolute atomic E-state index is 12.7. The summed E-state index contributed by atoms with van der Waals surface area (Å²) in [5, 5.41) is 2.61. The van der Waals surface area contributed by atoms with Gasteiger partial charge in [0.25, 0.3) is 0 Å². The third-order valence-corrected chi connectivity index (χ3v) is 4.65. The number of aryl methyl sites for hydroxylation is 1. The second kappa shape index (κ2) is 9.12. The Bertz CT molecular complexity index is 798. The molecule has 1 aliphatic rings. The summed E-state index contributed by atoms with van der Waals surface area (Å²) < 4.78 is 0. The lowest BCUT2D eigenvalue weighted by Crippen LogP contribution is -2.48.